The highest BCUT2D eigenvalue weighted by Gasteiger charge is 2.33. The summed E-state index contributed by atoms with van der Waals surface area (Å²) in [5.74, 6) is -0.961. The van der Waals surface area contributed by atoms with Gasteiger partial charge in [0.1, 0.15) is 12.4 Å². The Kier molecular flexibility index (Phi) is 8.32. The van der Waals surface area contributed by atoms with Gasteiger partial charge in [0, 0.05) is 6.07 Å². The molecule has 1 unspecified atom stereocenters. The number of sulfonamides is 1. The maximum Gasteiger partial charge on any atom is 0.416 e. The molecule has 3 aromatic carbocycles. The van der Waals surface area contributed by atoms with E-state index >= 15 is 0 Å². The zero-order valence-corrected chi connectivity index (χ0v) is 20.9. The summed E-state index contributed by atoms with van der Waals surface area (Å²) in [5.41, 5.74) is -0.907. The molecule has 12 heteroatoms. The molecule has 0 heterocycles. The molecular formula is C25H24F4N2O5S. The van der Waals surface area contributed by atoms with E-state index in [1.165, 1.54) is 50.6 Å². The van der Waals surface area contributed by atoms with Gasteiger partial charge in [-0.05, 0) is 55.0 Å². The van der Waals surface area contributed by atoms with Crippen LogP contribution in [0.15, 0.2) is 71.6 Å². The molecule has 0 fully saturated rings. The fraction of sp³-hybridized carbons (Fsp3) is 0.240. The van der Waals surface area contributed by atoms with Crippen molar-refractivity contribution in [1.82, 2.24) is 5.32 Å². The molecule has 0 aliphatic heterocycles. The third-order valence-electron chi connectivity index (χ3n) is 5.44. The fourth-order valence-corrected chi connectivity index (χ4v) is 4.94. The van der Waals surface area contributed by atoms with Gasteiger partial charge < -0.3 is 14.8 Å². The lowest BCUT2D eigenvalue weighted by atomic mass is 10.1. The maximum atomic E-state index is 13.6. The van der Waals surface area contributed by atoms with E-state index in [0.717, 1.165) is 24.3 Å². The average molecular weight is 541 g/mol. The van der Waals surface area contributed by atoms with Gasteiger partial charge >= 0.3 is 6.18 Å². The largest absolute Gasteiger partial charge is 0.493 e. The van der Waals surface area contributed by atoms with Crippen molar-refractivity contribution in [2.45, 2.75) is 24.0 Å². The van der Waals surface area contributed by atoms with E-state index in [4.69, 9.17) is 9.47 Å². The summed E-state index contributed by atoms with van der Waals surface area (Å²) >= 11 is 0. The third-order valence-corrected chi connectivity index (χ3v) is 7.21. The zero-order chi connectivity index (χ0) is 27.4. The predicted molar refractivity (Wildman–Crippen MR) is 128 cm³/mol. The van der Waals surface area contributed by atoms with Crippen molar-refractivity contribution in [2.24, 2.45) is 0 Å². The number of alkyl halides is 3. The molecule has 0 aliphatic carbocycles. The number of ether oxygens (including phenoxy) is 2. The van der Waals surface area contributed by atoms with Gasteiger partial charge in [0.05, 0.1) is 36.4 Å². The van der Waals surface area contributed by atoms with Crippen LogP contribution in [0.1, 0.15) is 24.1 Å². The van der Waals surface area contributed by atoms with Crippen molar-refractivity contribution >= 4 is 21.6 Å². The van der Waals surface area contributed by atoms with Crippen molar-refractivity contribution in [1.29, 1.82) is 0 Å². The number of rotatable bonds is 9. The Balaban J connectivity index is 2.01. The number of anilines is 1. The molecule has 0 radical (unpaired) electrons. The zero-order valence-electron chi connectivity index (χ0n) is 20.0. The second-order valence-corrected chi connectivity index (χ2v) is 9.78. The van der Waals surface area contributed by atoms with Crippen LogP contribution in [0.4, 0.5) is 23.2 Å². The standard InChI is InChI=1S/C25H24F4N2O5S/c1-16(17-7-9-19(26)10-8-17)30-24(32)15-31(20-6-4-5-18(13-20)25(27,28)29)37(33,34)21-11-12-22(35-2)23(14-21)36-3/h4-14,16H,15H2,1-3H3,(H,30,32). The van der Waals surface area contributed by atoms with E-state index in [2.05, 4.69) is 5.32 Å². The second kappa shape index (κ2) is 11.1. The van der Waals surface area contributed by atoms with Gasteiger partial charge in [-0.1, -0.05) is 18.2 Å². The summed E-state index contributed by atoms with van der Waals surface area (Å²) in [6.45, 7) is 0.770. The van der Waals surface area contributed by atoms with E-state index in [1.54, 1.807) is 6.92 Å². The van der Waals surface area contributed by atoms with Gasteiger partial charge in [0.2, 0.25) is 5.91 Å². The topological polar surface area (TPSA) is 84.9 Å². The Morgan fingerprint density at radius 3 is 2.22 bits per heavy atom. The molecule has 1 amide bonds. The maximum absolute atomic E-state index is 13.6. The van der Waals surface area contributed by atoms with Crippen molar-refractivity contribution in [3.8, 4) is 11.5 Å². The number of hydrogen-bond acceptors (Lipinski definition) is 5. The van der Waals surface area contributed by atoms with E-state index in [0.29, 0.717) is 15.9 Å². The first-order valence-corrected chi connectivity index (χ1v) is 12.3. The average Bonchev–Trinajstić information content (AvgIpc) is 2.86. The number of amides is 1. The Hall–Kier alpha value is -3.80. The highest BCUT2D eigenvalue weighted by atomic mass is 32.2. The first-order chi connectivity index (χ1) is 17.4. The van der Waals surface area contributed by atoms with Crippen LogP contribution in [0.3, 0.4) is 0 Å². The molecule has 0 aromatic heterocycles. The quantitative estimate of drug-likeness (QED) is 0.389. The van der Waals surface area contributed by atoms with Crippen LogP contribution in [0.25, 0.3) is 0 Å². The lowest BCUT2D eigenvalue weighted by Gasteiger charge is -2.26. The van der Waals surface area contributed by atoms with Crippen LogP contribution in [0.2, 0.25) is 0 Å². The van der Waals surface area contributed by atoms with Crippen molar-refractivity contribution in [2.75, 3.05) is 25.1 Å². The summed E-state index contributed by atoms with van der Waals surface area (Å²) < 4.78 is 91.4. The molecule has 7 nitrogen and oxygen atoms in total. The van der Waals surface area contributed by atoms with Crippen LogP contribution in [-0.2, 0) is 21.0 Å². The molecule has 0 saturated heterocycles. The van der Waals surface area contributed by atoms with Gasteiger partial charge in [-0.25, -0.2) is 12.8 Å². The minimum absolute atomic E-state index is 0.0713. The number of nitrogens with one attached hydrogen (secondary N) is 1. The summed E-state index contributed by atoms with van der Waals surface area (Å²) in [6.07, 6.45) is -4.74. The fourth-order valence-electron chi connectivity index (χ4n) is 3.51. The molecule has 0 saturated carbocycles. The highest BCUT2D eigenvalue weighted by Crippen LogP contribution is 2.35. The highest BCUT2D eigenvalue weighted by molar-refractivity contribution is 7.92. The van der Waals surface area contributed by atoms with E-state index in [-0.39, 0.29) is 22.1 Å². The van der Waals surface area contributed by atoms with E-state index in [9.17, 15) is 30.8 Å². The van der Waals surface area contributed by atoms with Crippen LogP contribution in [0.5, 0.6) is 11.5 Å². The van der Waals surface area contributed by atoms with Gasteiger partial charge in [-0.3, -0.25) is 9.10 Å². The van der Waals surface area contributed by atoms with Gasteiger partial charge in [-0.15, -0.1) is 0 Å². The smallest absolute Gasteiger partial charge is 0.416 e. The Labute approximate surface area is 211 Å². The van der Waals surface area contributed by atoms with Crippen LogP contribution in [-0.4, -0.2) is 35.1 Å². The molecule has 37 heavy (non-hydrogen) atoms. The van der Waals surface area contributed by atoms with Gasteiger partial charge in [0.25, 0.3) is 10.0 Å². The normalized spacial score (nSPS) is 12.5. The number of benzene rings is 3. The van der Waals surface area contributed by atoms with Crippen molar-refractivity contribution in [3.05, 3.63) is 83.7 Å². The van der Waals surface area contributed by atoms with Crippen molar-refractivity contribution < 1.29 is 40.2 Å². The third kappa shape index (κ3) is 6.50. The van der Waals surface area contributed by atoms with Gasteiger partial charge in [0.15, 0.2) is 11.5 Å². The molecule has 0 spiro atoms. The predicted octanol–water partition coefficient (Wildman–Crippen LogP) is 4.93. The van der Waals surface area contributed by atoms with E-state index < -0.39 is 46.1 Å². The number of carbonyl (C=O) groups is 1. The lowest BCUT2D eigenvalue weighted by molar-refractivity contribution is -0.137. The molecule has 3 rings (SSSR count). The molecule has 0 aliphatic rings. The number of methoxy groups -OCH3 is 2. The van der Waals surface area contributed by atoms with Crippen LogP contribution in [0, 0.1) is 5.82 Å². The molecule has 0 bridgehead atoms. The number of hydrogen-bond donors (Lipinski definition) is 1. The first-order valence-electron chi connectivity index (χ1n) is 10.8. The molecule has 1 atom stereocenters. The number of halogens is 4. The molecule has 198 valence electrons. The van der Waals surface area contributed by atoms with Crippen molar-refractivity contribution in [3.63, 3.8) is 0 Å². The molecule has 1 N–H and O–H groups in total. The number of carbonyl (C=O) groups excluding carboxylic acids is 1. The summed E-state index contributed by atoms with van der Waals surface area (Å²) in [5, 5.41) is 2.59. The minimum atomic E-state index is -4.74. The monoisotopic (exact) mass is 540 g/mol. The second-order valence-electron chi connectivity index (χ2n) is 7.92. The SMILES string of the molecule is COc1ccc(S(=O)(=O)N(CC(=O)NC(C)c2ccc(F)cc2)c2cccc(C(F)(F)F)c2)cc1OC. The lowest BCUT2D eigenvalue weighted by Crippen LogP contribution is -2.41. The Morgan fingerprint density at radius 1 is 0.973 bits per heavy atom. The summed E-state index contributed by atoms with van der Waals surface area (Å²) in [7, 11) is -1.91. The van der Waals surface area contributed by atoms with Crippen LogP contribution >= 0.6 is 0 Å². The van der Waals surface area contributed by atoms with E-state index in [1.807, 2.05) is 0 Å². The molecular weight excluding hydrogens is 516 g/mol. The van der Waals surface area contributed by atoms with Crippen LogP contribution < -0.4 is 19.1 Å². The Morgan fingerprint density at radius 2 is 1.62 bits per heavy atom. The first kappa shape index (κ1) is 27.8. The summed E-state index contributed by atoms with van der Waals surface area (Å²) in [6, 6.07) is 12.0. The summed E-state index contributed by atoms with van der Waals surface area (Å²) in [4.78, 5) is 12.6. The number of nitrogens with zero attached hydrogens (tertiary/aromatic N) is 1. The minimum Gasteiger partial charge on any atom is -0.493 e. The molecule has 3 aromatic rings. The Bertz CT molecular complexity index is 1360. The van der Waals surface area contributed by atoms with Gasteiger partial charge in [-0.2, -0.15) is 13.2 Å².